The molecule has 0 aromatic carbocycles. The molecule has 0 aromatic rings. The fourth-order valence-electron chi connectivity index (χ4n) is 2.98. The van der Waals surface area contributed by atoms with Crippen LogP contribution in [-0.4, -0.2) is 35.7 Å². The van der Waals surface area contributed by atoms with Gasteiger partial charge in [0, 0.05) is 24.5 Å². The Kier molecular flexibility index (Phi) is 3.82. The summed E-state index contributed by atoms with van der Waals surface area (Å²) in [5.74, 6) is 0.623. The number of amides is 1. The number of aliphatic hydroxyl groups is 1. The van der Waals surface area contributed by atoms with Crippen LogP contribution in [0, 0.1) is 5.92 Å². The van der Waals surface area contributed by atoms with Crippen LogP contribution in [0.3, 0.4) is 0 Å². The van der Waals surface area contributed by atoms with Gasteiger partial charge in [0.15, 0.2) is 0 Å². The summed E-state index contributed by atoms with van der Waals surface area (Å²) in [6, 6.07) is 1.17. The number of carbonyl (C=O) groups is 1. The molecule has 0 aromatic heterocycles. The zero-order valence-corrected chi connectivity index (χ0v) is 9.91. The lowest BCUT2D eigenvalue weighted by atomic mass is 9.89. The number of carbonyl (C=O) groups excluding carboxylic acids is 1. The third-order valence-corrected chi connectivity index (χ3v) is 3.73. The van der Waals surface area contributed by atoms with Gasteiger partial charge in [0.1, 0.15) is 0 Å². The molecule has 0 spiro atoms. The van der Waals surface area contributed by atoms with Gasteiger partial charge in [0.05, 0.1) is 6.61 Å². The van der Waals surface area contributed by atoms with Crippen molar-refractivity contribution in [2.75, 3.05) is 6.61 Å². The zero-order chi connectivity index (χ0) is 11.5. The molecule has 0 radical (unpaired) electrons. The fraction of sp³-hybridized carbons (Fsp3) is 0.917. The van der Waals surface area contributed by atoms with Crippen LogP contribution in [0.2, 0.25) is 0 Å². The van der Waals surface area contributed by atoms with Gasteiger partial charge in [0.25, 0.3) is 0 Å². The smallest absolute Gasteiger partial charge is 0.220 e. The number of hydrogen-bond donors (Lipinski definition) is 3. The topological polar surface area (TPSA) is 61.4 Å². The maximum absolute atomic E-state index is 11.7. The van der Waals surface area contributed by atoms with Crippen LogP contribution in [0.4, 0.5) is 0 Å². The molecule has 92 valence electrons. The first-order chi connectivity index (χ1) is 7.67. The average molecular weight is 226 g/mol. The third kappa shape index (κ3) is 2.95. The Labute approximate surface area is 96.8 Å². The Bertz CT molecular complexity index is 245. The molecular formula is C12H22N2O2. The van der Waals surface area contributed by atoms with E-state index in [1.54, 1.807) is 0 Å². The second-order valence-corrected chi connectivity index (χ2v) is 5.33. The molecule has 2 aliphatic rings. The summed E-state index contributed by atoms with van der Waals surface area (Å²) in [6.45, 7) is 1.84. The summed E-state index contributed by atoms with van der Waals surface area (Å²) < 4.78 is 0. The third-order valence-electron chi connectivity index (χ3n) is 3.73. The molecule has 3 N–H and O–H groups in total. The van der Waals surface area contributed by atoms with Crippen molar-refractivity contribution in [3.05, 3.63) is 0 Å². The first-order valence-corrected chi connectivity index (χ1v) is 6.33. The molecule has 4 heteroatoms. The summed E-state index contributed by atoms with van der Waals surface area (Å²) in [6.07, 6.45) is 5.44. The predicted octanol–water partition coefficient (Wildman–Crippen LogP) is 0.404. The first kappa shape index (κ1) is 11.9. The van der Waals surface area contributed by atoms with Crippen molar-refractivity contribution in [1.29, 1.82) is 0 Å². The van der Waals surface area contributed by atoms with E-state index < -0.39 is 0 Å². The van der Waals surface area contributed by atoms with E-state index in [2.05, 4.69) is 10.6 Å². The Balaban J connectivity index is 1.75. The minimum absolute atomic E-state index is 0.0171. The summed E-state index contributed by atoms with van der Waals surface area (Å²) in [7, 11) is 0. The molecular weight excluding hydrogens is 204 g/mol. The van der Waals surface area contributed by atoms with E-state index >= 15 is 0 Å². The second kappa shape index (κ2) is 5.15. The predicted molar refractivity (Wildman–Crippen MR) is 62.0 cm³/mol. The van der Waals surface area contributed by atoms with E-state index in [-0.39, 0.29) is 18.6 Å². The Morgan fingerprint density at radius 1 is 1.44 bits per heavy atom. The molecule has 2 aliphatic heterocycles. The maximum Gasteiger partial charge on any atom is 0.220 e. The number of hydrogen-bond acceptors (Lipinski definition) is 3. The van der Waals surface area contributed by atoms with Crippen molar-refractivity contribution in [3.8, 4) is 0 Å². The van der Waals surface area contributed by atoms with E-state index in [1.165, 1.54) is 12.8 Å². The minimum atomic E-state index is -0.120. The molecule has 2 unspecified atom stereocenters. The van der Waals surface area contributed by atoms with Gasteiger partial charge in [-0.1, -0.05) is 0 Å². The van der Waals surface area contributed by atoms with Gasteiger partial charge in [-0.25, -0.2) is 0 Å². The molecule has 2 heterocycles. The van der Waals surface area contributed by atoms with Gasteiger partial charge >= 0.3 is 0 Å². The standard InChI is InChI=1S/C12H22N2O2/c1-8(7-15)13-12(16)6-9-4-10-2-3-11(5-9)14-10/h8-11,14-15H,2-7H2,1H3,(H,13,16)/t8-,9?,10?,11?/m0/s1. The molecule has 0 aliphatic carbocycles. The number of piperidine rings is 1. The van der Waals surface area contributed by atoms with E-state index in [4.69, 9.17) is 5.11 Å². The van der Waals surface area contributed by atoms with Crippen molar-refractivity contribution >= 4 is 5.91 Å². The van der Waals surface area contributed by atoms with E-state index in [9.17, 15) is 4.79 Å². The van der Waals surface area contributed by atoms with Gasteiger partial charge in [-0.15, -0.1) is 0 Å². The highest BCUT2D eigenvalue weighted by atomic mass is 16.3. The summed E-state index contributed by atoms with van der Waals surface area (Å²) >= 11 is 0. The highest BCUT2D eigenvalue weighted by Crippen LogP contribution is 2.32. The summed E-state index contributed by atoms with van der Waals surface area (Å²) in [5, 5.41) is 15.3. The van der Waals surface area contributed by atoms with Crippen molar-refractivity contribution in [3.63, 3.8) is 0 Å². The normalized spacial score (nSPS) is 34.8. The number of rotatable bonds is 4. The van der Waals surface area contributed by atoms with Crippen molar-refractivity contribution < 1.29 is 9.90 Å². The largest absolute Gasteiger partial charge is 0.394 e. The SMILES string of the molecule is C[C@@H](CO)NC(=O)CC1CC2CCC(C1)N2. The summed E-state index contributed by atoms with van der Waals surface area (Å²) in [5.41, 5.74) is 0. The molecule has 16 heavy (non-hydrogen) atoms. The van der Waals surface area contributed by atoms with Crippen molar-refractivity contribution in [1.82, 2.24) is 10.6 Å². The minimum Gasteiger partial charge on any atom is -0.394 e. The van der Waals surface area contributed by atoms with Gasteiger partial charge in [-0.2, -0.15) is 0 Å². The van der Waals surface area contributed by atoms with E-state index in [0.29, 0.717) is 24.4 Å². The van der Waals surface area contributed by atoms with Gasteiger partial charge in [-0.3, -0.25) is 4.79 Å². The highest BCUT2D eigenvalue weighted by Gasteiger charge is 2.34. The molecule has 2 bridgehead atoms. The second-order valence-electron chi connectivity index (χ2n) is 5.33. The average Bonchev–Trinajstić information content (AvgIpc) is 2.57. The van der Waals surface area contributed by atoms with E-state index in [1.807, 2.05) is 6.92 Å². The van der Waals surface area contributed by atoms with Crippen molar-refractivity contribution in [2.45, 2.75) is 57.2 Å². The first-order valence-electron chi connectivity index (χ1n) is 6.33. The Hall–Kier alpha value is -0.610. The lowest BCUT2D eigenvalue weighted by Gasteiger charge is -2.28. The molecule has 2 rings (SSSR count). The van der Waals surface area contributed by atoms with Crippen LogP contribution in [0.5, 0.6) is 0 Å². The van der Waals surface area contributed by atoms with Gasteiger partial charge < -0.3 is 15.7 Å². The Morgan fingerprint density at radius 2 is 2.06 bits per heavy atom. The molecule has 1 amide bonds. The van der Waals surface area contributed by atoms with Crippen molar-refractivity contribution in [2.24, 2.45) is 5.92 Å². The fourth-order valence-corrected chi connectivity index (χ4v) is 2.98. The highest BCUT2D eigenvalue weighted by molar-refractivity contribution is 5.76. The van der Waals surface area contributed by atoms with Gasteiger partial charge in [0.2, 0.25) is 5.91 Å². The van der Waals surface area contributed by atoms with Crippen LogP contribution in [0.1, 0.15) is 39.0 Å². The quantitative estimate of drug-likeness (QED) is 0.650. The Morgan fingerprint density at radius 3 is 2.62 bits per heavy atom. The zero-order valence-electron chi connectivity index (χ0n) is 9.91. The summed E-state index contributed by atoms with van der Waals surface area (Å²) in [4.78, 5) is 11.7. The van der Waals surface area contributed by atoms with Crippen LogP contribution in [0.25, 0.3) is 0 Å². The van der Waals surface area contributed by atoms with Gasteiger partial charge in [-0.05, 0) is 38.5 Å². The van der Waals surface area contributed by atoms with Crippen LogP contribution >= 0.6 is 0 Å². The van der Waals surface area contributed by atoms with E-state index in [0.717, 1.165) is 12.8 Å². The monoisotopic (exact) mass is 226 g/mol. The lowest BCUT2D eigenvalue weighted by molar-refractivity contribution is -0.123. The molecule has 0 saturated carbocycles. The molecule has 2 saturated heterocycles. The maximum atomic E-state index is 11.7. The molecule has 3 atom stereocenters. The molecule has 2 fully saturated rings. The lowest BCUT2D eigenvalue weighted by Crippen LogP contribution is -2.41. The molecule has 4 nitrogen and oxygen atoms in total. The number of aliphatic hydroxyl groups excluding tert-OH is 1. The number of fused-ring (bicyclic) bond motifs is 2. The van der Waals surface area contributed by atoms with Crippen LogP contribution < -0.4 is 10.6 Å². The van der Waals surface area contributed by atoms with Crippen LogP contribution in [0.15, 0.2) is 0 Å². The van der Waals surface area contributed by atoms with Crippen LogP contribution in [-0.2, 0) is 4.79 Å². The number of nitrogens with one attached hydrogen (secondary N) is 2.